The molecule has 0 aromatic carbocycles. The lowest BCUT2D eigenvalue weighted by atomic mass is 9.82. The molecule has 3 nitrogen and oxygen atoms in total. The van der Waals surface area contributed by atoms with Crippen molar-refractivity contribution in [2.45, 2.75) is 65.2 Å². The van der Waals surface area contributed by atoms with Gasteiger partial charge in [-0.15, -0.1) is 0 Å². The van der Waals surface area contributed by atoms with Gasteiger partial charge in [-0.2, -0.15) is 0 Å². The minimum absolute atomic E-state index is 0.548. The normalized spacial score (nSPS) is 22.8. The molecular weight excluding hydrogens is 314 g/mol. The van der Waals surface area contributed by atoms with Gasteiger partial charge in [0.2, 0.25) is 0 Å². The van der Waals surface area contributed by atoms with Crippen LogP contribution < -0.4 is 5.32 Å². The first-order valence-corrected chi connectivity index (χ1v) is 8.75. The smallest absolute Gasteiger partial charge is 0.144 e. The van der Waals surface area contributed by atoms with E-state index in [-0.39, 0.29) is 0 Å². The standard InChI is InChI=1S/C16H26BrN3/c1-4-10-18-16-14(17)13(5-2)19-15(20-16)12-8-6-11(3)7-9-12/h11-12H,4-10H2,1-3H3,(H,18,19,20). The molecule has 2 rings (SSSR count). The largest absolute Gasteiger partial charge is 0.369 e. The molecule has 1 aromatic heterocycles. The summed E-state index contributed by atoms with van der Waals surface area (Å²) in [6.45, 7) is 7.64. The second kappa shape index (κ2) is 7.39. The summed E-state index contributed by atoms with van der Waals surface area (Å²) < 4.78 is 1.04. The first-order chi connectivity index (χ1) is 9.65. The number of halogens is 1. The van der Waals surface area contributed by atoms with E-state index < -0.39 is 0 Å². The summed E-state index contributed by atoms with van der Waals surface area (Å²) in [6, 6.07) is 0. The van der Waals surface area contributed by atoms with E-state index in [1.165, 1.54) is 25.7 Å². The fourth-order valence-electron chi connectivity index (χ4n) is 2.81. The van der Waals surface area contributed by atoms with Gasteiger partial charge in [-0.25, -0.2) is 9.97 Å². The van der Waals surface area contributed by atoms with Crippen molar-refractivity contribution < 1.29 is 0 Å². The Morgan fingerprint density at radius 2 is 1.85 bits per heavy atom. The lowest BCUT2D eigenvalue weighted by Gasteiger charge is -2.26. The van der Waals surface area contributed by atoms with Crippen LogP contribution in [0.3, 0.4) is 0 Å². The van der Waals surface area contributed by atoms with Gasteiger partial charge in [0.25, 0.3) is 0 Å². The number of aromatic nitrogens is 2. The maximum Gasteiger partial charge on any atom is 0.144 e. The molecular formula is C16H26BrN3. The zero-order chi connectivity index (χ0) is 14.5. The molecule has 0 amide bonds. The average molecular weight is 340 g/mol. The Balaban J connectivity index is 2.23. The van der Waals surface area contributed by atoms with Gasteiger partial charge in [-0.1, -0.05) is 33.6 Å². The molecule has 1 aliphatic rings. The summed E-state index contributed by atoms with van der Waals surface area (Å²) in [6.07, 6.45) is 7.14. The number of hydrogen-bond donors (Lipinski definition) is 1. The number of nitrogens with one attached hydrogen (secondary N) is 1. The Labute approximate surface area is 131 Å². The van der Waals surface area contributed by atoms with Crippen molar-refractivity contribution in [3.8, 4) is 0 Å². The molecule has 1 aliphatic carbocycles. The summed E-state index contributed by atoms with van der Waals surface area (Å²) in [5, 5.41) is 3.43. The molecule has 0 radical (unpaired) electrons. The van der Waals surface area contributed by atoms with Gasteiger partial charge >= 0.3 is 0 Å². The highest BCUT2D eigenvalue weighted by Crippen LogP contribution is 2.35. The van der Waals surface area contributed by atoms with Crippen molar-refractivity contribution in [1.29, 1.82) is 0 Å². The van der Waals surface area contributed by atoms with E-state index in [4.69, 9.17) is 9.97 Å². The van der Waals surface area contributed by atoms with Crippen LogP contribution in [0.5, 0.6) is 0 Å². The molecule has 0 bridgehead atoms. The van der Waals surface area contributed by atoms with Crippen molar-refractivity contribution in [2.75, 3.05) is 11.9 Å². The molecule has 112 valence electrons. The number of nitrogens with zero attached hydrogens (tertiary/aromatic N) is 2. The van der Waals surface area contributed by atoms with Crippen LogP contribution in [0.25, 0.3) is 0 Å². The molecule has 0 unspecified atom stereocenters. The lowest BCUT2D eigenvalue weighted by molar-refractivity contribution is 0.339. The van der Waals surface area contributed by atoms with Gasteiger partial charge in [0.05, 0.1) is 10.2 Å². The van der Waals surface area contributed by atoms with E-state index in [1.54, 1.807) is 0 Å². The number of anilines is 1. The fraction of sp³-hybridized carbons (Fsp3) is 0.750. The Morgan fingerprint density at radius 3 is 2.45 bits per heavy atom. The molecule has 1 aromatic rings. The van der Waals surface area contributed by atoms with Crippen LogP contribution in [-0.2, 0) is 6.42 Å². The predicted octanol–water partition coefficient (Wildman–Crippen LogP) is 4.92. The fourth-order valence-corrected chi connectivity index (χ4v) is 3.41. The summed E-state index contributed by atoms with van der Waals surface area (Å²) in [7, 11) is 0. The van der Waals surface area contributed by atoms with Crippen LogP contribution in [-0.4, -0.2) is 16.5 Å². The quantitative estimate of drug-likeness (QED) is 0.827. The van der Waals surface area contributed by atoms with Crippen LogP contribution in [0.4, 0.5) is 5.82 Å². The Bertz CT molecular complexity index is 440. The minimum Gasteiger partial charge on any atom is -0.369 e. The van der Waals surface area contributed by atoms with Crippen molar-refractivity contribution >= 4 is 21.7 Å². The van der Waals surface area contributed by atoms with E-state index in [0.717, 1.165) is 47.1 Å². The van der Waals surface area contributed by atoms with E-state index in [1.807, 2.05) is 0 Å². The SMILES string of the molecule is CCCNc1nc(C2CCC(C)CC2)nc(CC)c1Br. The highest BCUT2D eigenvalue weighted by Gasteiger charge is 2.23. The van der Waals surface area contributed by atoms with Crippen molar-refractivity contribution in [3.63, 3.8) is 0 Å². The van der Waals surface area contributed by atoms with Gasteiger partial charge in [-0.3, -0.25) is 0 Å². The molecule has 20 heavy (non-hydrogen) atoms. The monoisotopic (exact) mass is 339 g/mol. The van der Waals surface area contributed by atoms with Crippen LogP contribution in [0.2, 0.25) is 0 Å². The number of aryl methyl sites for hydroxylation is 1. The number of hydrogen-bond acceptors (Lipinski definition) is 3. The molecule has 0 spiro atoms. The maximum absolute atomic E-state index is 4.81. The lowest BCUT2D eigenvalue weighted by Crippen LogP contribution is -2.16. The van der Waals surface area contributed by atoms with Crippen molar-refractivity contribution in [1.82, 2.24) is 9.97 Å². The van der Waals surface area contributed by atoms with Crippen LogP contribution in [0, 0.1) is 5.92 Å². The first-order valence-electron chi connectivity index (χ1n) is 7.95. The molecule has 1 fully saturated rings. The molecule has 0 saturated heterocycles. The molecule has 0 aliphatic heterocycles. The third-order valence-electron chi connectivity index (χ3n) is 4.20. The Kier molecular flexibility index (Phi) is 5.82. The highest BCUT2D eigenvalue weighted by atomic mass is 79.9. The molecule has 0 atom stereocenters. The molecule has 1 heterocycles. The third kappa shape index (κ3) is 3.72. The molecule has 4 heteroatoms. The predicted molar refractivity (Wildman–Crippen MR) is 88.3 cm³/mol. The molecule has 1 N–H and O–H groups in total. The van der Waals surface area contributed by atoms with Gasteiger partial charge in [0, 0.05) is 12.5 Å². The van der Waals surface area contributed by atoms with Gasteiger partial charge in [-0.05, 0) is 47.5 Å². The summed E-state index contributed by atoms with van der Waals surface area (Å²) in [5.74, 6) is 3.44. The second-order valence-corrected chi connectivity index (χ2v) is 6.72. The van der Waals surface area contributed by atoms with Crippen molar-refractivity contribution in [3.05, 3.63) is 16.0 Å². The van der Waals surface area contributed by atoms with Gasteiger partial charge in [0.15, 0.2) is 0 Å². The zero-order valence-electron chi connectivity index (χ0n) is 12.9. The van der Waals surface area contributed by atoms with Crippen LogP contribution >= 0.6 is 15.9 Å². The topological polar surface area (TPSA) is 37.8 Å². The minimum atomic E-state index is 0.548. The summed E-state index contributed by atoms with van der Waals surface area (Å²) in [5.41, 5.74) is 1.13. The average Bonchev–Trinajstić information content (AvgIpc) is 2.47. The highest BCUT2D eigenvalue weighted by molar-refractivity contribution is 9.10. The van der Waals surface area contributed by atoms with Gasteiger partial charge < -0.3 is 5.32 Å². The summed E-state index contributed by atoms with van der Waals surface area (Å²) in [4.78, 5) is 9.61. The van der Waals surface area contributed by atoms with Crippen molar-refractivity contribution in [2.24, 2.45) is 5.92 Å². The zero-order valence-corrected chi connectivity index (χ0v) is 14.5. The van der Waals surface area contributed by atoms with E-state index >= 15 is 0 Å². The number of rotatable bonds is 5. The van der Waals surface area contributed by atoms with E-state index in [0.29, 0.717) is 5.92 Å². The Morgan fingerprint density at radius 1 is 1.15 bits per heavy atom. The Hall–Kier alpha value is -0.640. The van der Waals surface area contributed by atoms with Crippen LogP contribution in [0.15, 0.2) is 4.47 Å². The van der Waals surface area contributed by atoms with E-state index in [2.05, 4.69) is 42.0 Å². The van der Waals surface area contributed by atoms with Gasteiger partial charge in [0.1, 0.15) is 11.6 Å². The molecule has 1 saturated carbocycles. The van der Waals surface area contributed by atoms with E-state index in [9.17, 15) is 0 Å². The maximum atomic E-state index is 4.81. The third-order valence-corrected chi connectivity index (χ3v) is 5.03. The summed E-state index contributed by atoms with van der Waals surface area (Å²) >= 11 is 3.65. The van der Waals surface area contributed by atoms with Crippen LogP contribution in [0.1, 0.15) is 70.3 Å². The first kappa shape index (κ1) is 15.7. The second-order valence-electron chi connectivity index (χ2n) is 5.93.